The van der Waals surface area contributed by atoms with Gasteiger partial charge in [-0.25, -0.2) is 0 Å². The smallest absolute Gasteiger partial charge is 0.262 e. The molecule has 1 aliphatic heterocycles. The van der Waals surface area contributed by atoms with Crippen molar-refractivity contribution >= 4 is 17.3 Å². The predicted molar refractivity (Wildman–Crippen MR) is 133 cm³/mol. The molecule has 4 aromatic carbocycles. The van der Waals surface area contributed by atoms with Crippen LogP contribution in [-0.2, 0) is 6.61 Å². The number of fused-ring (bicyclic) bond motifs is 1. The van der Waals surface area contributed by atoms with Gasteiger partial charge in [0.15, 0.2) is 0 Å². The molecule has 4 aromatic rings. The maximum atomic E-state index is 13.6. The Kier molecular flexibility index (Phi) is 5.57. The Hall–Kier alpha value is -4.05. The van der Waals surface area contributed by atoms with E-state index in [1.807, 2.05) is 83.8 Å². The van der Waals surface area contributed by atoms with E-state index in [-0.39, 0.29) is 12.1 Å². The quantitative estimate of drug-likeness (QED) is 0.382. The highest BCUT2D eigenvalue weighted by Gasteiger charge is 2.34. The van der Waals surface area contributed by atoms with Crippen molar-refractivity contribution in [3.63, 3.8) is 0 Å². The summed E-state index contributed by atoms with van der Waals surface area (Å²) in [5, 5.41) is 3.57. The number of carbonyl (C=O) groups is 1. The van der Waals surface area contributed by atoms with E-state index in [1.165, 1.54) is 0 Å². The van der Waals surface area contributed by atoms with Crippen molar-refractivity contribution in [3.8, 4) is 5.75 Å². The minimum absolute atomic E-state index is 0.0104. The van der Waals surface area contributed by atoms with Crippen LogP contribution in [0.2, 0.25) is 0 Å². The van der Waals surface area contributed by atoms with Gasteiger partial charge in [0, 0.05) is 11.4 Å². The van der Waals surface area contributed by atoms with Crippen molar-refractivity contribution in [1.29, 1.82) is 0 Å². The Labute approximate surface area is 194 Å². The molecule has 33 heavy (non-hydrogen) atoms. The number of anilines is 2. The Bertz CT molecular complexity index is 1260. The Morgan fingerprint density at radius 1 is 0.818 bits per heavy atom. The fourth-order valence-electron chi connectivity index (χ4n) is 4.33. The average molecular weight is 435 g/mol. The fraction of sp³-hybridized carbons (Fsp3) is 0.138. The number of carbonyl (C=O) groups excluding carboxylic acids is 1. The van der Waals surface area contributed by atoms with E-state index in [4.69, 9.17) is 4.74 Å². The van der Waals surface area contributed by atoms with E-state index in [0.717, 1.165) is 39.4 Å². The van der Waals surface area contributed by atoms with Gasteiger partial charge in [0.05, 0.1) is 5.56 Å². The van der Waals surface area contributed by atoms with Gasteiger partial charge < -0.3 is 10.1 Å². The van der Waals surface area contributed by atoms with Gasteiger partial charge >= 0.3 is 0 Å². The van der Waals surface area contributed by atoms with Crippen molar-refractivity contribution in [1.82, 2.24) is 0 Å². The van der Waals surface area contributed by atoms with E-state index in [9.17, 15) is 4.79 Å². The molecule has 1 N–H and O–H groups in total. The molecule has 0 saturated heterocycles. The zero-order valence-corrected chi connectivity index (χ0v) is 18.8. The van der Waals surface area contributed by atoms with Crippen LogP contribution >= 0.6 is 0 Å². The molecule has 0 unspecified atom stereocenters. The highest BCUT2D eigenvalue weighted by atomic mass is 16.5. The van der Waals surface area contributed by atoms with Crippen LogP contribution in [-0.4, -0.2) is 5.91 Å². The molecule has 1 atom stereocenters. The summed E-state index contributed by atoms with van der Waals surface area (Å²) in [6, 6.07) is 32.0. The molecule has 0 aromatic heterocycles. The lowest BCUT2D eigenvalue weighted by molar-refractivity contribution is 0.0975. The Balaban J connectivity index is 1.47. The molecule has 164 valence electrons. The molecule has 1 aliphatic rings. The van der Waals surface area contributed by atoms with E-state index in [1.54, 1.807) is 0 Å². The highest BCUT2D eigenvalue weighted by molar-refractivity contribution is 6.12. The summed E-state index contributed by atoms with van der Waals surface area (Å²) in [6.07, 6.45) is -0.322. The van der Waals surface area contributed by atoms with Crippen molar-refractivity contribution in [3.05, 3.63) is 125 Å². The van der Waals surface area contributed by atoms with E-state index in [2.05, 4.69) is 37.4 Å². The van der Waals surface area contributed by atoms with Gasteiger partial charge in [-0.05, 0) is 72.5 Å². The first-order valence-electron chi connectivity index (χ1n) is 11.1. The standard InChI is InChI=1S/C29H26N2O2/c1-20-16-21(2)18-24(17-20)31-28(30-27-11-7-6-10-26(27)29(31)32)23-12-14-25(15-13-23)33-19-22-8-4-3-5-9-22/h3-18,28,30H,19H2,1-2H3/t28-/m0/s1. The normalized spacial score (nSPS) is 15.0. The molecule has 1 heterocycles. The molecule has 4 heteroatoms. The maximum absolute atomic E-state index is 13.6. The lowest BCUT2D eigenvalue weighted by Gasteiger charge is -2.38. The number of hydrogen-bond acceptors (Lipinski definition) is 3. The average Bonchev–Trinajstić information content (AvgIpc) is 2.83. The summed E-state index contributed by atoms with van der Waals surface area (Å²) < 4.78 is 5.95. The molecule has 0 spiro atoms. The van der Waals surface area contributed by atoms with Gasteiger partial charge in [-0.1, -0.05) is 60.7 Å². The molecule has 0 saturated carbocycles. The van der Waals surface area contributed by atoms with Crippen molar-refractivity contribution in [2.45, 2.75) is 26.6 Å². The Morgan fingerprint density at radius 3 is 2.21 bits per heavy atom. The minimum atomic E-state index is -0.322. The van der Waals surface area contributed by atoms with Crippen LogP contribution in [0.25, 0.3) is 0 Å². The first kappa shape index (κ1) is 20.8. The predicted octanol–water partition coefficient (Wildman–Crippen LogP) is 6.65. The zero-order chi connectivity index (χ0) is 22.8. The number of nitrogens with zero attached hydrogens (tertiary/aromatic N) is 1. The number of amides is 1. The van der Waals surface area contributed by atoms with Gasteiger partial charge in [0.1, 0.15) is 18.5 Å². The van der Waals surface area contributed by atoms with Crippen molar-refractivity contribution in [2.24, 2.45) is 0 Å². The third-order valence-corrected chi connectivity index (χ3v) is 5.86. The van der Waals surface area contributed by atoms with E-state index >= 15 is 0 Å². The topological polar surface area (TPSA) is 41.6 Å². The second kappa shape index (κ2) is 8.83. The highest BCUT2D eigenvalue weighted by Crippen LogP contribution is 2.37. The summed E-state index contributed by atoms with van der Waals surface area (Å²) >= 11 is 0. The third kappa shape index (κ3) is 4.33. The zero-order valence-electron chi connectivity index (χ0n) is 18.8. The second-order valence-electron chi connectivity index (χ2n) is 8.46. The van der Waals surface area contributed by atoms with Crippen LogP contribution < -0.4 is 15.0 Å². The first-order chi connectivity index (χ1) is 16.1. The summed E-state index contributed by atoms with van der Waals surface area (Å²) in [7, 11) is 0. The third-order valence-electron chi connectivity index (χ3n) is 5.86. The second-order valence-corrected chi connectivity index (χ2v) is 8.46. The maximum Gasteiger partial charge on any atom is 0.262 e. The van der Waals surface area contributed by atoms with Gasteiger partial charge in [0.2, 0.25) is 0 Å². The summed E-state index contributed by atoms with van der Waals surface area (Å²) in [5.74, 6) is 0.784. The minimum Gasteiger partial charge on any atom is -0.489 e. The molecule has 4 nitrogen and oxygen atoms in total. The van der Waals surface area contributed by atoms with Crippen LogP contribution in [0.1, 0.15) is 38.8 Å². The van der Waals surface area contributed by atoms with Crippen LogP contribution in [0.3, 0.4) is 0 Å². The summed E-state index contributed by atoms with van der Waals surface area (Å²) in [6.45, 7) is 4.63. The van der Waals surface area contributed by atoms with Crippen molar-refractivity contribution in [2.75, 3.05) is 10.2 Å². The number of hydrogen-bond donors (Lipinski definition) is 1. The molecular weight excluding hydrogens is 408 g/mol. The molecule has 0 aliphatic carbocycles. The molecule has 0 radical (unpaired) electrons. The molecule has 5 rings (SSSR count). The summed E-state index contributed by atoms with van der Waals surface area (Å²) in [4.78, 5) is 15.5. The van der Waals surface area contributed by atoms with Crippen molar-refractivity contribution < 1.29 is 9.53 Å². The van der Waals surface area contributed by atoms with Gasteiger partial charge in [-0.2, -0.15) is 0 Å². The van der Waals surface area contributed by atoms with Crippen LogP contribution in [0.4, 0.5) is 11.4 Å². The summed E-state index contributed by atoms with van der Waals surface area (Å²) in [5.41, 5.74) is 6.77. The molecule has 0 fully saturated rings. The number of ether oxygens (including phenoxy) is 1. The molecule has 1 amide bonds. The number of para-hydroxylation sites is 1. The number of rotatable bonds is 5. The lowest BCUT2D eigenvalue weighted by Crippen LogP contribution is -2.43. The molecular formula is C29H26N2O2. The monoisotopic (exact) mass is 434 g/mol. The van der Waals surface area contributed by atoms with E-state index < -0.39 is 0 Å². The van der Waals surface area contributed by atoms with Crippen LogP contribution in [0, 0.1) is 13.8 Å². The van der Waals surface area contributed by atoms with Crippen LogP contribution in [0.5, 0.6) is 5.75 Å². The number of nitrogens with one attached hydrogen (secondary N) is 1. The van der Waals surface area contributed by atoms with E-state index in [0.29, 0.717) is 12.2 Å². The van der Waals surface area contributed by atoms with Gasteiger partial charge in [-0.15, -0.1) is 0 Å². The molecule has 0 bridgehead atoms. The fourth-order valence-corrected chi connectivity index (χ4v) is 4.33. The number of aryl methyl sites for hydroxylation is 2. The largest absolute Gasteiger partial charge is 0.489 e. The van der Waals surface area contributed by atoms with Gasteiger partial charge in [-0.3, -0.25) is 9.69 Å². The Morgan fingerprint density at radius 2 is 1.48 bits per heavy atom. The lowest BCUT2D eigenvalue weighted by atomic mass is 10.0. The number of benzene rings is 4. The first-order valence-corrected chi connectivity index (χ1v) is 11.1. The van der Waals surface area contributed by atoms with Gasteiger partial charge in [0.25, 0.3) is 5.91 Å². The SMILES string of the molecule is Cc1cc(C)cc(N2C(=O)c3ccccc3N[C@@H]2c2ccc(OCc3ccccc3)cc2)c1. The van der Waals surface area contributed by atoms with Crippen LogP contribution in [0.15, 0.2) is 97.1 Å².